The number of nitrogens with one attached hydrogen (secondary N) is 1. The van der Waals surface area contributed by atoms with Crippen LogP contribution in [-0.2, 0) is 4.79 Å². The van der Waals surface area contributed by atoms with Crippen molar-refractivity contribution < 1.29 is 4.79 Å². The number of hydrogen-bond donors (Lipinski definition) is 1. The molecule has 0 rings (SSSR count). The molecule has 0 aliphatic rings. The van der Waals surface area contributed by atoms with Crippen molar-refractivity contribution in [2.75, 3.05) is 20.6 Å². The minimum absolute atomic E-state index is 0.00578. The first-order valence-electron chi connectivity index (χ1n) is 6.71. The van der Waals surface area contributed by atoms with E-state index in [2.05, 4.69) is 39.9 Å². The van der Waals surface area contributed by atoms with E-state index in [0.717, 1.165) is 19.4 Å². The molecule has 3 nitrogen and oxygen atoms in total. The molecule has 0 fully saturated rings. The Morgan fingerprint density at radius 1 is 1.22 bits per heavy atom. The van der Waals surface area contributed by atoms with Gasteiger partial charge in [-0.2, -0.15) is 0 Å². The summed E-state index contributed by atoms with van der Waals surface area (Å²) in [5.41, 5.74) is 0.0865. The van der Waals surface area contributed by atoms with E-state index in [1.54, 1.807) is 6.08 Å². The van der Waals surface area contributed by atoms with Gasteiger partial charge in [0.2, 0.25) is 5.91 Å². The Bertz CT molecular complexity index is 291. The maximum atomic E-state index is 11.8. The molecule has 0 heterocycles. The number of nitrogens with zero attached hydrogens (tertiary/aromatic N) is 1. The van der Waals surface area contributed by atoms with E-state index in [4.69, 9.17) is 0 Å². The number of hydrogen-bond acceptors (Lipinski definition) is 2. The second kappa shape index (κ2) is 6.93. The minimum Gasteiger partial charge on any atom is -0.348 e. The first-order chi connectivity index (χ1) is 8.08. The summed E-state index contributed by atoms with van der Waals surface area (Å²) in [4.78, 5) is 13.8. The lowest BCUT2D eigenvalue weighted by molar-refractivity contribution is -0.118. The molecule has 18 heavy (non-hydrogen) atoms. The highest BCUT2D eigenvalue weighted by Gasteiger charge is 2.28. The molecule has 0 saturated heterocycles. The molecule has 0 atom stereocenters. The van der Waals surface area contributed by atoms with E-state index in [0.29, 0.717) is 0 Å². The van der Waals surface area contributed by atoms with Gasteiger partial charge in [-0.15, -0.1) is 0 Å². The van der Waals surface area contributed by atoms with Crippen molar-refractivity contribution in [1.82, 2.24) is 10.2 Å². The zero-order valence-corrected chi connectivity index (χ0v) is 13.1. The van der Waals surface area contributed by atoms with E-state index in [-0.39, 0.29) is 16.9 Å². The second-order valence-corrected chi connectivity index (χ2v) is 6.73. The van der Waals surface area contributed by atoms with Crippen LogP contribution in [0.25, 0.3) is 0 Å². The predicted octanol–water partition coefficient (Wildman–Crippen LogP) is 2.83. The summed E-state index contributed by atoms with van der Waals surface area (Å²) in [5.74, 6) is -0.00578. The van der Waals surface area contributed by atoms with Crippen LogP contribution in [0, 0.1) is 5.41 Å². The molecule has 0 aromatic carbocycles. The SMILES string of the molecule is CCC(C)(C)CC(C)(C)NC(=O)/C=C/CN(C)C. The number of carbonyl (C=O) groups excluding carboxylic acids is 1. The molecule has 0 saturated carbocycles. The molecule has 1 N–H and O–H groups in total. The lowest BCUT2D eigenvalue weighted by Crippen LogP contribution is -2.45. The van der Waals surface area contributed by atoms with Crippen LogP contribution < -0.4 is 5.32 Å². The van der Waals surface area contributed by atoms with Crippen molar-refractivity contribution >= 4 is 5.91 Å². The van der Waals surface area contributed by atoms with E-state index < -0.39 is 0 Å². The van der Waals surface area contributed by atoms with Crippen molar-refractivity contribution in [3.63, 3.8) is 0 Å². The van der Waals surface area contributed by atoms with Gasteiger partial charge in [-0.25, -0.2) is 0 Å². The monoisotopic (exact) mass is 254 g/mol. The first-order valence-corrected chi connectivity index (χ1v) is 6.71. The van der Waals surface area contributed by atoms with Crippen LogP contribution in [0.3, 0.4) is 0 Å². The molecule has 0 aromatic rings. The van der Waals surface area contributed by atoms with Crippen molar-refractivity contribution in [1.29, 1.82) is 0 Å². The summed E-state index contributed by atoms with van der Waals surface area (Å²) < 4.78 is 0. The van der Waals surface area contributed by atoms with E-state index in [9.17, 15) is 4.79 Å². The number of likely N-dealkylation sites (N-methyl/N-ethyl adjacent to an activating group) is 1. The smallest absolute Gasteiger partial charge is 0.244 e. The van der Waals surface area contributed by atoms with Crippen LogP contribution in [0.4, 0.5) is 0 Å². The third kappa shape index (κ3) is 8.29. The van der Waals surface area contributed by atoms with Gasteiger partial charge in [-0.1, -0.05) is 33.3 Å². The fourth-order valence-electron chi connectivity index (χ4n) is 2.11. The fourth-order valence-corrected chi connectivity index (χ4v) is 2.11. The largest absolute Gasteiger partial charge is 0.348 e. The van der Waals surface area contributed by atoms with Gasteiger partial charge in [0, 0.05) is 18.2 Å². The van der Waals surface area contributed by atoms with E-state index in [1.807, 2.05) is 25.1 Å². The zero-order chi connectivity index (χ0) is 14.4. The van der Waals surface area contributed by atoms with Crippen LogP contribution >= 0.6 is 0 Å². The summed E-state index contributed by atoms with van der Waals surface area (Å²) in [6.45, 7) is 11.6. The quantitative estimate of drug-likeness (QED) is 0.709. The molecule has 0 spiro atoms. The fraction of sp³-hybridized carbons (Fsp3) is 0.800. The summed E-state index contributed by atoms with van der Waals surface area (Å²) in [6.07, 6.45) is 5.60. The average Bonchev–Trinajstić information content (AvgIpc) is 2.14. The van der Waals surface area contributed by atoms with E-state index in [1.165, 1.54) is 0 Å². The molecule has 3 heteroatoms. The predicted molar refractivity (Wildman–Crippen MR) is 78.6 cm³/mol. The Labute approximate surface area is 113 Å². The Morgan fingerprint density at radius 3 is 2.22 bits per heavy atom. The van der Waals surface area contributed by atoms with Crippen LogP contribution in [0.2, 0.25) is 0 Å². The summed E-state index contributed by atoms with van der Waals surface area (Å²) in [6, 6.07) is 0. The van der Waals surface area contributed by atoms with Gasteiger partial charge in [-0.05, 0) is 39.8 Å². The molecule has 0 aliphatic carbocycles. The third-order valence-electron chi connectivity index (χ3n) is 3.08. The highest BCUT2D eigenvalue weighted by Crippen LogP contribution is 2.30. The van der Waals surface area contributed by atoms with Crippen LogP contribution in [0.5, 0.6) is 0 Å². The van der Waals surface area contributed by atoms with Gasteiger partial charge in [0.05, 0.1) is 0 Å². The van der Waals surface area contributed by atoms with E-state index >= 15 is 0 Å². The molecule has 0 aromatic heterocycles. The lowest BCUT2D eigenvalue weighted by Gasteiger charge is -2.34. The van der Waals surface area contributed by atoms with Gasteiger partial charge >= 0.3 is 0 Å². The van der Waals surface area contributed by atoms with Crippen LogP contribution in [-0.4, -0.2) is 37.0 Å². The summed E-state index contributed by atoms with van der Waals surface area (Å²) >= 11 is 0. The number of rotatable bonds is 7. The van der Waals surface area contributed by atoms with Crippen LogP contribution in [0.1, 0.15) is 47.5 Å². The molecule has 0 bridgehead atoms. The molecular weight excluding hydrogens is 224 g/mol. The molecule has 0 aliphatic heterocycles. The first kappa shape index (κ1) is 17.2. The Kier molecular flexibility index (Phi) is 6.61. The third-order valence-corrected chi connectivity index (χ3v) is 3.08. The summed E-state index contributed by atoms with van der Waals surface area (Å²) in [7, 11) is 3.96. The topological polar surface area (TPSA) is 32.3 Å². The Morgan fingerprint density at radius 2 is 1.78 bits per heavy atom. The molecule has 1 amide bonds. The maximum absolute atomic E-state index is 11.8. The van der Waals surface area contributed by atoms with Gasteiger partial charge in [0.15, 0.2) is 0 Å². The van der Waals surface area contributed by atoms with Gasteiger partial charge in [0.25, 0.3) is 0 Å². The normalized spacial score (nSPS) is 13.3. The van der Waals surface area contributed by atoms with Gasteiger partial charge in [0.1, 0.15) is 0 Å². The van der Waals surface area contributed by atoms with Crippen molar-refractivity contribution in [2.24, 2.45) is 5.41 Å². The van der Waals surface area contributed by atoms with Crippen LogP contribution in [0.15, 0.2) is 12.2 Å². The zero-order valence-electron chi connectivity index (χ0n) is 13.1. The van der Waals surface area contributed by atoms with Crippen molar-refractivity contribution in [3.05, 3.63) is 12.2 Å². The Hall–Kier alpha value is -0.830. The summed E-state index contributed by atoms with van der Waals surface area (Å²) in [5, 5.41) is 3.08. The highest BCUT2D eigenvalue weighted by molar-refractivity contribution is 5.88. The molecule has 0 radical (unpaired) electrons. The Balaban J connectivity index is 4.32. The number of amides is 1. The lowest BCUT2D eigenvalue weighted by atomic mass is 9.78. The van der Waals surface area contributed by atoms with Gasteiger partial charge in [-0.3, -0.25) is 4.79 Å². The standard InChI is InChI=1S/C15H30N2O/c1-8-14(2,3)12-15(4,5)16-13(18)10-9-11-17(6)7/h9-10H,8,11-12H2,1-7H3,(H,16,18)/b10-9+. The average molecular weight is 254 g/mol. The highest BCUT2D eigenvalue weighted by atomic mass is 16.1. The molecule has 0 unspecified atom stereocenters. The van der Waals surface area contributed by atoms with Crippen molar-refractivity contribution in [2.45, 2.75) is 53.0 Å². The maximum Gasteiger partial charge on any atom is 0.244 e. The number of carbonyl (C=O) groups is 1. The molecule has 106 valence electrons. The minimum atomic E-state index is -0.168. The van der Waals surface area contributed by atoms with Crippen molar-refractivity contribution in [3.8, 4) is 0 Å². The second-order valence-electron chi connectivity index (χ2n) is 6.73. The molecular formula is C15H30N2O. The van der Waals surface area contributed by atoms with Gasteiger partial charge < -0.3 is 10.2 Å².